The lowest BCUT2D eigenvalue weighted by atomic mass is 10.1. The van der Waals surface area contributed by atoms with Crippen molar-refractivity contribution in [1.29, 1.82) is 0 Å². The van der Waals surface area contributed by atoms with Gasteiger partial charge in [-0.25, -0.2) is 4.39 Å². The van der Waals surface area contributed by atoms with Crippen molar-refractivity contribution in [1.82, 2.24) is 19.6 Å². The van der Waals surface area contributed by atoms with Crippen LogP contribution in [0.25, 0.3) is 16.9 Å². The fraction of sp³-hybridized carbons (Fsp3) is 0.312. The molecule has 10 heteroatoms. The molecule has 1 atom stereocenters. The Balaban J connectivity index is 1.90. The molecule has 4 rings (SSSR count). The summed E-state index contributed by atoms with van der Waals surface area (Å²) in [7, 11) is 0. The van der Waals surface area contributed by atoms with Crippen LogP contribution in [0.2, 0.25) is 10.2 Å². The van der Waals surface area contributed by atoms with E-state index < -0.39 is 10.2 Å². The number of fused-ring (bicyclic) bond motifs is 1. The zero-order valence-corrected chi connectivity index (χ0v) is 16.4. The predicted octanol–water partition coefficient (Wildman–Crippen LogP) is 5.15. The van der Waals surface area contributed by atoms with Gasteiger partial charge in [-0.05, 0) is 25.5 Å². The zero-order valence-electron chi connectivity index (χ0n) is 13.4. The second-order valence-electron chi connectivity index (χ2n) is 6.14. The fourth-order valence-electron chi connectivity index (χ4n) is 2.81. The molecule has 0 radical (unpaired) electrons. The molecule has 1 aromatic carbocycles. The summed E-state index contributed by atoms with van der Waals surface area (Å²) >= 11 is 24.8. The Morgan fingerprint density at radius 2 is 2.00 bits per heavy atom. The summed E-state index contributed by atoms with van der Waals surface area (Å²) in [4.78, 5) is 8.45. The van der Waals surface area contributed by atoms with Gasteiger partial charge in [-0.15, -0.1) is 28.3 Å². The van der Waals surface area contributed by atoms with Crippen molar-refractivity contribution in [3.63, 3.8) is 0 Å². The molecule has 0 spiro atoms. The second-order valence-corrected chi connectivity index (χ2v) is 8.44. The third-order valence-corrected chi connectivity index (χ3v) is 5.75. The highest BCUT2D eigenvalue weighted by Gasteiger charge is 2.51. The topological polar surface area (TPSA) is 55.1 Å². The number of rotatable bonds is 4. The van der Waals surface area contributed by atoms with Gasteiger partial charge in [0.1, 0.15) is 26.9 Å². The van der Waals surface area contributed by atoms with Gasteiger partial charge in [0.25, 0.3) is 5.78 Å². The first kappa shape index (κ1) is 18.0. The second kappa shape index (κ2) is 6.37. The largest absolute Gasteiger partial charge is 0.369 e. The molecular formula is C16H12Cl4FN5. The molecule has 3 aromatic rings. The summed E-state index contributed by atoms with van der Waals surface area (Å²) in [5, 5.41) is 7.83. The normalized spacial score (nSPS) is 18.3. The van der Waals surface area contributed by atoms with Crippen molar-refractivity contribution in [3.05, 3.63) is 40.0 Å². The van der Waals surface area contributed by atoms with Gasteiger partial charge >= 0.3 is 0 Å². The first-order valence-electron chi connectivity index (χ1n) is 7.77. The maximum atomic E-state index is 14.5. The Labute approximate surface area is 168 Å². The van der Waals surface area contributed by atoms with Crippen molar-refractivity contribution < 1.29 is 4.39 Å². The number of nitrogens with zero attached hydrogens (tertiary/aromatic N) is 4. The number of anilines is 1. The molecule has 1 unspecified atom stereocenters. The predicted molar refractivity (Wildman–Crippen MR) is 102 cm³/mol. The van der Waals surface area contributed by atoms with E-state index >= 15 is 0 Å². The van der Waals surface area contributed by atoms with Crippen LogP contribution in [-0.4, -0.2) is 30.5 Å². The van der Waals surface area contributed by atoms with Crippen LogP contribution >= 0.6 is 46.4 Å². The molecule has 0 aliphatic heterocycles. The maximum Gasteiger partial charge on any atom is 0.255 e. The van der Waals surface area contributed by atoms with Crippen LogP contribution in [0.15, 0.2) is 18.2 Å². The standard InChI is InChI=1S/C16H12Cl4FN5/c1-7-23-15-24-13(18)12(11-9(17)3-2-4-10(11)21)14(26(15)25-7)22-6-8-5-16(8,19)20/h2-4,8,22H,5-6H2,1H3. The average molecular weight is 435 g/mol. The number of halogens is 5. The monoisotopic (exact) mass is 433 g/mol. The van der Waals surface area contributed by atoms with Crippen LogP contribution in [-0.2, 0) is 0 Å². The first-order chi connectivity index (χ1) is 12.3. The van der Waals surface area contributed by atoms with Crippen LogP contribution in [0.5, 0.6) is 0 Å². The lowest BCUT2D eigenvalue weighted by molar-refractivity contribution is 0.631. The summed E-state index contributed by atoms with van der Waals surface area (Å²) < 4.78 is 15.3. The molecule has 2 aromatic heterocycles. The molecule has 1 N–H and O–H groups in total. The Bertz CT molecular complexity index is 999. The van der Waals surface area contributed by atoms with Gasteiger partial charge in [0, 0.05) is 18.0 Å². The zero-order chi connectivity index (χ0) is 18.6. The van der Waals surface area contributed by atoms with E-state index in [2.05, 4.69) is 20.4 Å². The van der Waals surface area contributed by atoms with Crippen LogP contribution in [0.4, 0.5) is 10.2 Å². The maximum absolute atomic E-state index is 14.5. The lowest BCUT2D eigenvalue weighted by Crippen LogP contribution is -2.13. The van der Waals surface area contributed by atoms with Crippen molar-refractivity contribution in [2.24, 2.45) is 5.92 Å². The first-order valence-corrected chi connectivity index (χ1v) is 9.28. The van der Waals surface area contributed by atoms with Gasteiger partial charge in [-0.3, -0.25) is 0 Å². The number of aryl methyl sites for hydroxylation is 1. The SMILES string of the molecule is Cc1nc2nc(Cl)c(-c3c(F)cccc3Cl)c(NCC3CC3(Cl)Cl)n2n1. The van der Waals surface area contributed by atoms with Crippen molar-refractivity contribution in [2.45, 2.75) is 17.7 Å². The molecule has 1 aliphatic rings. The Morgan fingerprint density at radius 3 is 2.65 bits per heavy atom. The van der Waals surface area contributed by atoms with Gasteiger partial charge < -0.3 is 5.32 Å². The van der Waals surface area contributed by atoms with Gasteiger partial charge in [-0.1, -0.05) is 29.3 Å². The Kier molecular flexibility index (Phi) is 4.42. The van der Waals surface area contributed by atoms with Crippen LogP contribution in [0.3, 0.4) is 0 Å². The number of alkyl halides is 2. The van der Waals surface area contributed by atoms with E-state index in [9.17, 15) is 4.39 Å². The smallest absolute Gasteiger partial charge is 0.255 e. The van der Waals surface area contributed by atoms with E-state index in [4.69, 9.17) is 46.4 Å². The van der Waals surface area contributed by atoms with Gasteiger partial charge in [0.15, 0.2) is 0 Å². The molecular weight excluding hydrogens is 423 g/mol. The molecule has 26 heavy (non-hydrogen) atoms. The van der Waals surface area contributed by atoms with Crippen LogP contribution in [0.1, 0.15) is 12.2 Å². The quantitative estimate of drug-likeness (QED) is 0.455. The van der Waals surface area contributed by atoms with E-state index in [0.29, 0.717) is 35.9 Å². The minimum atomic E-state index is -0.753. The highest BCUT2D eigenvalue weighted by Crippen LogP contribution is 2.53. The van der Waals surface area contributed by atoms with E-state index in [1.807, 2.05) is 0 Å². The molecule has 1 aliphatic carbocycles. The number of hydrogen-bond donors (Lipinski definition) is 1. The highest BCUT2D eigenvalue weighted by molar-refractivity contribution is 6.50. The van der Waals surface area contributed by atoms with Crippen molar-refractivity contribution in [3.8, 4) is 11.1 Å². The highest BCUT2D eigenvalue weighted by atomic mass is 35.5. The Hall–Kier alpha value is -1.34. The van der Waals surface area contributed by atoms with Crippen LogP contribution in [0, 0.1) is 18.7 Å². The fourth-order valence-corrected chi connectivity index (χ4v) is 3.85. The summed E-state index contributed by atoms with van der Waals surface area (Å²) in [6.07, 6.45) is 0.664. The van der Waals surface area contributed by atoms with Crippen LogP contribution < -0.4 is 5.32 Å². The average Bonchev–Trinajstić information content (AvgIpc) is 2.98. The molecule has 0 bridgehead atoms. The van der Waals surface area contributed by atoms with Gasteiger partial charge in [0.2, 0.25) is 0 Å². The van der Waals surface area contributed by atoms with Gasteiger partial charge in [0.05, 0.1) is 10.6 Å². The van der Waals surface area contributed by atoms with Gasteiger partial charge in [-0.2, -0.15) is 14.5 Å². The lowest BCUT2D eigenvalue weighted by Gasteiger charge is -2.16. The molecule has 5 nitrogen and oxygen atoms in total. The molecule has 0 amide bonds. The van der Waals surface area contributed by atoms with Crippen molar-refractivity contribution >= 4 is 58.0 Å². The van der Waals surface area contributed by atoms with E-state index in [1.165, 1.54) is 16.6 Å². The number of benzene rings is 1. The summed E-state index contributed by atoms with van der Waals surface area (Å²) in [5.74, 6) is 0.773. The molecule has 1 saturated carbocycles. The Morgan fingerprint density at radius 1 is 1.27 bits per heavy atom. The molecule has 136 valence electrons. The summed E-state index contributed by atoms with van der Waals surface area (Å²) in [6, 6.07) is 4.41. The van der Waals surface area contributed by atoms with E-state index in [-0.39, 0.29) is 21.7 Å². The third kappa shape index (κ3) is 3.09. The summed E-state index contributed by atoms with van der Waals surface area (Å²) in [5.41, 5.74) is 0.450. The molecule has 0 saturated heterocycles. The molecule has 2 heterocycles. The number of nitrogens with one attached hydrogen (secondary N) is 1. The number of aromatic nitrogens is 4. The van der Waals surface area contributed by atoms with E-state index in [0.717, 1.165) is 0 Å². The van der Waals surface area contributed by atoms with E-state index in [1.54, 1.807) is 13.0 Å². The number of hydrogen-bond acceptors (Lipinski definition) is 4. The molecule has 1 fully saturated rings. The minimum absolute atomic E-state index is 0.0568. The summed E-state index contributed by atoms with van der Waals surface area (Å²) in [6.45, 7) is 2.19. The third-order valence-electron chi connectivity index (χ3n) is 4.23. The van der Waals surface area contributed by atoms with Crippen molar-refractivity contribution in [2.75, 3.05) is 11.9 Å². The minimum Gasteiger partial charge on any atom is -0.369 e.